The highest BCUT2D eigenvalue weighted by Gasteiger charge is 2.51. The van der Waals surface area contributed by atoms with E-state index in [9.17, 15) is 4.79 Å². The second-order valence-electron chi connectivity index (χ2n) is 6.54. The molecular formula is C18H25NO2. The Hall–Kier alpha value is -1.35. The first-order chi connectivity index (χ1) is 10.1. The monoisotopic (exact) mass is 287 g/mol. The third-order valence-electron chi connectivity index (χ3n) is 5.32. The van der Waals surface area contributed by atoms with Crippen molar-refractivity contribution in [1.82, 2.24) is 4.90 Å². The van der Waals surface area contributed by atoms with Gasteiger partial charge in [-0.2, -0.15) is 0 Å². The van der Waals surface area contributed by atoms with Crippen molar-refractivity contribution in [2.75, 3.05) is 13.6 Å². The summed E-state index contributed by atoms with van der Waals surface area (Å²) in [7, 11) is 2.21. The molecule has 0 unspecified atom stereocenters. The van der Waals surface area contributed by atoms with E-state index in [1.165, 1.54) is 24.8 Å². The van der Waals surface area contributed by atoms with E-state index in [0.717, 1.165) is 19.4 Å². The van der Waals surface area contributed by atoms with Crippen molar-refractivity contribution in [2.24, 2.45) is 5.92 Å². The number of carbonyl (C=O) groups excluding carboxylic acids is 1. The Kier molecular flexibility index (Phi) is 4.03. The molecule has 3 atom stereocenters. The van der Waals surface area contributed by atoms with Crippen LogP contribution in [-0.2, 0) is 15.1 Å². The topological polar surface area (TPSA) is 29.5 Å². The number of esters is 1. The average Bonchev–Trinajstić information content (AvgIpc) is 2.51. The smallest absolute Gasteiger partial charge is 0.303 e. The van der Waals surface area contributed by atoms with Crippen LogP contribution in [0.25, 0.3) is 0 Å². The van der Waals surface area contributed by atoms with E-state index in [-0.39, 0.29) is 5.97 Å². The predicted octanol–water partition coefficient (Wildman–Crippen LogP) is 3.34. The number of carbonyl (C=O) groups is 1. The Bertz CT molecular complexity index is 501. The lowest BCUT2D eigenvalue weighted by Gasteiger charge is -2.53. The van der Waals surface area contributed by atoms with Crippen molar-refractivity contribution in [3.8, 4) is 0 Å². The lowest BCUT2D eigenvalue weighted by atomic mass is 9.66. The summed E-state index contributed by atoms with van der Waals surface area (Å²) < 4.78 is 6.02. The van der Waals surface area contributed by atoms with E-state index in [4.69, 9.17) is 4.74 Å². The van der Waals surface area contributed by atoms with Crippen LogP contribution in [0.3, 0.4) is 0 Å². The summed E-state index contributed by atoms with van der Waals surface area (Å²) in [5, 5.41) is 0. The Morgan fingerprint density at radius 1 is 1.24 bits per heavy atom. The number of rotatable bonds is 2. The molecule has 0 amide bonds. The maximum Gasteiger partial charge on any atom is 0.303 e. The Balaban J connectivity index is 2.03. The summed E-state index contributed by atoms with van der Waals surface area (Å²) in [6.45, 7) is 2.53. The van der Waals surface area contributed by atoms with E-state index in [2.05, 4.69) is 36.2 Å². The van der Waals surface area contributed by atoms with E-state index < -0.39 is 5.60 Å². The Morgan fingerprint density at radius 3 is 2.67 bits per heavy atom. The van der Waals surface area contributed by atoms with Crippen molar-refractivity contribution in [3.05, 3.63) is 35.9 Å². The van der Waals surface area contributed by atoms with Crippen molar-refractivity contribution in [2.45, 2.75) is 50.7 Å². The van der Waals surface area contributed by atoms with Crippen LogP contribution in [-0.4, -0.2) is 30.5 Å². The number of benzene rings is 1. The largest absolute Gasteiger partial charge is 0.454 e. The predicted molar refractivity (Wildman–Crippen MR) is 82.9 cm³/mol. The number of hydrogen-bond acceptors (Lipinski definition) is 3. The zero-order valence-corrected chi connectivity index (χ0v) is 13.0. The molecular weight excluding hydrogens is 262 g/mol. The van der Waals surface area contributed by atoms with Gasteiger partial charge in [0, 0.05) is 31.8 Å². The van der Waals surface area contributed by atoms with Crippen molar-refractivity contribution < 1.29 is 9.53 Å². The molecule has 1 heterocycles. The van der Waals surface area contributed by atoms with Crippen LogP contribution in [0.4, 0.5) is 0 Å². The quantitative estimate of drug-likeness (QED) is 0.781. The van der Waals surface area contributed by atoms with Crippen LogP contribution in [0.15, 0.2) is 30.3 Å². The maximum atomic E-state index is 11.8. The highest BCUT2D eigenvalue weighted by molar-refractivity contribution is 5.67. The summed E-state index contributed by atoms with van der Waals surface area (Å²) in [6.07, 6.45) is 5.80. The molecule has 0 aromatic heterocycles. The minimum atomic E-state index is -0.426. The Labute approximate surface area is 127 Å². The van der Waals surface area contributed by atoms with Gasteiger partial charge >= 0.3 is 5.97 Å². The average molecular weight is 287 g/mol. The molecule has 1 saturated carbocycles. The van der Waals surface area contributed by atoms with Crippen LogP contribution in [0.5, 0.6) is 0 Å². The van der Waals surface area contributed by atoms with Crippen LogP contribution in [0.2, 0.25) is 0 Å². The summed E-state index contributed by atoms with van der Waals surface area (Å²) in [5.74, 6) is 0.254. The van der Waals surface area contributed by atoms with E-state index in [1.54, 1.807) is 6.92 Å². The molecule has 3 heteroatoms. The summed E-state index contributed by atoms with van der Waals surface area (Å²) in [4.78, 5) is 14.3. The third-order valence-corrected chi connectivity index (χ3v) is 5.32. The molecule has 0 radical (unpaired) electrons. The zero-order chi connectivity index (χ0) is 14.9. The first-order valence-electron chi connectivity index (χ1n) is 8.09. The number of likely N-dealkylation sites (tertiary alicyclic amines) is 1. The molecule has 114 valence electrons. The number of piperidine rings is 1. The molecule has 1 saturated heterocycles. The molecule has 1 aromatic carbocycles. The lowest BCUT2D eigenvalue weighted by molar-refractivity contribution is -0.182. The molecule has 0 bridgehead atoms. The highest BCUT2D eigenvalue weighted by atomic mass is 16.6. The fraction of sp³-hybridized carbons (Fsp3) is 0.611. The first kappa shape index (κ1) is 14.6. The molecule has 3 rings (SSSR count). The number of nitrogens with zero attached hydrogens (tertiary/aromatic N) is 1. The molecule has 21 heavy (non-hydrogen) atoms. The molecule has 0 N–H and O–H groups in total. The van der Waals surface area contributed by atoms with E-state index in [0.29, 0.717) is 12.0 Å². The fourth-order valence-corrected chi connectivity index (χ4v) is 4.40. The van der Waals surface area contributed by atoms with Crippen LogP contribution >= 0.6 is 0 Å². The summed E-state index contributed by atoms with van der Waals surface area (Å²) in [5.41, 5.74) is 0.746. The van der Waals surface area contributed by atoms with Gasteiger partial charge in [-0.3, -0.25) is 4.79 Å². The van der Waals surface area contributed by atoms with Gasteiger partial charge < -0.3 is 9.64 Å². The van der Waals surface area contributed by atoms with Crippen LogP contribution in [0, 0.1) is 5.92 Å². The normalized spacial score (nSPS) is 33.2. The second kappa shape index (κ2) is 5.80. The Morgan fingerprint density at radius 2 is 1.95 bits per heavy atom. The van der Waals surface area contributed by atoms with Crippen molar-refractivity contribution in [3.63, 3.8) is 0 Å². The minimum absolute atomic E-state index is 0.160. The number of hydrogen-bond donors (Lipinski definition) is 0. The summed E-state index contributed by atoms with van der Waals surface area (Å²) in [6, 6.07) is 10.9. The zero-order valence-electron chi connectivity index (χ0n) is 13.0. The van der Waals surface area contributed by atoms with E-state index in [1.807, 2.05) is 6.07 Å². The lowest BCUT2D eigenvalue weighted by Crippen LogP contribution is -2.57. The summed E-state index contributed by atoms with van der Waals surface area (Å²) >= 11 is 0. The SMILES string of the molecule is CC(=O)O[C@@]1(c2ccccc2)CCN(C)[C@H]2CCCC[C@@H]21. The minimum Gasteiger partial charge on any atom is -0.454 e. The molecule has 0 spiro atoms. The van der Waals surface area contributed by atoms with Gasteiger partial charge in [0.15, 0.2) is 0 Å². The van der Waals surface area contributed by atoms with E-state index >= 15 is 0 Å². The van der Waals surface area contributed by atoms with Gasteiger partial charge in [-0.1, -0.05) is 43.2 Å². The third kappa shape index (κ3) is 2.59. The van der Waals surface area contributed by atoms with Gasteiger partial charge in [-0.05, 0) is 25.5 Å². The van der Waals surface area contributed by atoms with Gasteiger partial charge in [-0.25, -0.2) is 0 Å². The fourth-order valence-electron chi connectivity index (χ4n) is 4.40. The van der Waals surface area contributed by atoms with Gasteiger partial charge in [0.2, 0.25) is 0 Å². The van der Waals surface area contributed by atoms with Gasteiger partial charge in [0.25, 0.3) is 0 Å². The molecule has 1 aromatic rings. The maximum absolute atomic E-state index is 11.8. The number of ether oxygens (including phenoxy) is 1. The standard InChI is InChI=1S/C18H25NO2/c1-14(20)21-18(15-8-4-3-5-9-15)12-13-19(2)17-11-7-6-10-16(17)18/h3-5,8-9,16-17H,6-7,10-13H2,1-2H3/t16-,17-,18+/m0/s1. The van der Waals surface area contributed by atoms with Crippen LogP contribution in [0.1, 0.15) is 44.6 Å². The molecule has 2 fully saturated rings. The highest BCUT2D eigenvalue weighted by Crippen LogP contribution is 2.48. The number of fused-ring (bicyclic) bond motifs is 1. The van der Waals surface area contributed by atoms with Gasteiger partial charge in [0.1, 0.15) is 5.60 Å². The van der Waals surface area contributed by atoms with Gasteiger partial charge in [0.05, 0.1) is 0 Å². The molecule has 1 aliphatic carbocycles. The van der Waals surface area contributed by atoms with Crippen molar-refractivity contribution in [1.29, 1.82) is 0 Å². The second-order valence-corrected chi connectivity index (χ2v) is 6.54. The molecule has 1 aliphatic heterocycles. The first-order valence-corrected chi connectivity index (χ1v) is 8.09. The molecule has 3 nitrogen and oxygen atoms in total. The van der Waals surface area contributed by atoms with Crippen molar-refractivity contribution >= 4 is 5.97 Å². The molecule has 2 aliphatic rings. The van der Waals surface area contributed by atoms with Crippen LogP contribution < -0.4 is 0 Å². The van der Waals surface area contributed by atoms with Gasteiger partial charge in [-0.15, -0.1) is 0 Å².